The van der Waals surface area contributed by atoms with Crippen LogP contribution in [0.2, 0.25) is 0 Å². The van der Waals surface area contributed by atoms with Gasteiger partial charge < -0.3 is 9.73 Å². The molecule has 0 saturated carbocycles. The quantitative estimate of drug-likeness (QED) is 0.731. The van der Waals surface area contributed by atoms with E-state index in [4.69, 9.17) is 9.68 Å². The van der Waals surface area contributed by atoms with Crippen molar-refractivity contribution in [1.29, 1.82) is 5.26 Å². The van der Waals surface area contributed by atoms with Crippen molar-refractivity contribution in [3.05, 3.63) is 52.8 Å². The Morgan fingerprint density at radius 2 is 1.86 bits per heavy atom. The molecule has 1 heterocycles. The highest BCUT2D eigenvalue weighted by Crippen LogP contribution is 2.38. The summed E-state index contributed by atoms with van der Waals surface area (Å²) in [4.78, 5) is 12.8. The number of urea groups is 1. The number of rotatable bonds is 4. The zero-order valence-corrected chi connectivity index (χ0v) is 17.0. The molecule has 1 unspecified atom stereocenters. The Kier molecular flexibility index (Phi) is 4.92. The minimum Gasteiger partial charge on any atom is -0.452 e. The summed E-state index contributed by atoms with van der Waals surface area (Å²) in [6.07, 6.45) is 8.86. The molecule has 0 saturated heterocycles. The van der Waals surface area contributed by atoms with Crippen LogP contribution in [0.5, 0.6) is 0 Å². The van der Waals surface area contributed by atoms with Crippen LogP contribution < -0.4 is 10.0 Å². The minimum atomic E-state index is -3.58. The number of nitrogens with one attached hydrogen (secondary N) is 2. The molecule has 0 bridgehead atoms. The summed E-state index contributed by atoms with van der Waals surface area (Å²) in [5.41, 5.74) is 7.03. The first-order valence-electron chi connectivity index (χ1n) is 9.56. The van der Waals surface area contributed by atoms with Crippen LogP contribution in [0.1, 0.15) is 47.6 Å². The molecule has 2 N–H and O–H groups in total. The molecule has 8 heteroatoms. The Morgan fingerprint density at radius 3 is 2.41 bits per heavy atom. The summed E-state index contributed by atoms with van der Waals surface area (Å²) >= 11 is 0. The average Bonchev–Trinajstić information content (AvgIpc) is 3.41. The van der Waals surface area contributed by atoms with Crippen molar-refractivity contribution in [2.24, 2.45) is 4.36 Å². The molecule has 2 aliphatic carbocycles. The zero-order valence-electron chi connectivity index (χ0n) is 16.2. The molecular weight excluding hydrogens is 388 g/mol. The van der Waals surface area contributed by atoms with E-state index in [-0.39, 0.29) is 5.09 Å². The van der Waals surface area contributed by atoms with Crippen molar-refractivity contribution in [2.75, 3.05) is 5.32 Å². The number of aryl methyl sites for hydroxylation is 2. The number of benzene rings is 1. The van der Waals surface area contributed by atoms with Crippen LogP contribution in [0, 0.1) is 11.5 Å². The van der Waals surface area contributed by atoms with E-state index in [1.54, 1.807) is 6.92 Å². The van der Waals surface area contributed by atoms with E-state index in [2.05, 4.69) is 27.0 Å². The highest BCUT2D eigenvalue weighted by atomic mass is 32.2. The summed E-state index contributed by atoms with van der Waals surface area (Å²) in [6.45, 7) is 5.57. The van der Waals surface area contributed by atoms with Gasteiger partial charge in [0.05, 0.1) is 6.26 Å². The lowest BCUT2D eigenvalue weighted by molar-refractivity contribution is 0.256. The molecule has 0 spiro atoms. The van der Waals surface area contributed by atoms with Crippen molar-refractivity contribution in [3.63, 3.8) is 0 Å². The van der Waals surface area contributed by atoms with Crippen molar-refractivity contribution in [1.82, 2.24) is 4.72 Å². The van der Waals surface area contributed by atoms with E-state index in [9.17, 15) is 9.00 Å². The number of anilines is 1. The van der Waals surface area contributed by atoms with E-state index in [1.165, 1.54) is 29.6 Å². The van der Waals surface area contributed by atoms with E-state index in [0.29, 0.717) is 11.1 Å². The third kappa shape index (κ3) is 3.54. The lowest BCUT2D eigenvalue weighted by Crippen LogP contribution is -2.34. The molecule has 150 valence electrons. The summed E-state index contributed by atoms with van der Waals surface area (Å²) in [5.74, 6) is 0. The fraction of sp³-hybridized carbons (Fsp3) is 0.333. The molecule has 1 aromatic heterocycles. The first-order chi connectivity index (χ1) is 13.9. The number of carbonyl (C=O) groups is 1. The van der Waals surface area contributed by atoms with Crippen LogP contribution in [-0.2, 0) is 35.6 Å². The van der Waals surface area contributed by atoms with Gasteiger partial charge in [0.15, 0.2) is 0 Å². The first kappa shape index (κ1) is 19.3. The first-order valence-corrected chi connectivity index (χ1v) is 11.1. The Bertz CT molecular complexity index is 1150. The molecule has 0 fully saturated rings. The van der Waals surface area contributed by atoms with Crippen molar-refractivity contribution in [2.45, 2.75) is 50.5 Å². The van der Waals surface area contributed by atoms with Crippen LogP contribution in [0.15, 0.2) is 38.8 Å². The molecule has 29 heavy (non-hydrogen) atoms. The molecule has 0 aliphatic heterocycles. The zero-order chi connectivity index (χ0) is 20.6. The third-order valence-electron chi connectivity index (χ3n) is 5.45. The van der Waals surface area contributed by atoms with E-state index in [1.807, 2.05) is 0 Å². The fourth-order valence-corrected chi connectivity index (χ4v) is 5.21. The maximum atomic E-state index is 13.2. The number of allylic oxidation sites excluding steroid dienone is 1. The van der Waals surface area contributed by atoms with Gasteiger partial charge in [0, 0.05) is 17.3 Å². The maximum Gasteiger partial charge on any atom is 0.332 e. The molecule has 2 amide bonds. The van der Waals surface area contributed by atoms with Crippen LogP contribution in [0.25, 0.3) is 5.57 Å². The second-order valence-electron chi connectivity index (χ2n) is 7.44. The van der Waals surface area contributed by atoms with Crippen molar-refractivity contribution < 1.29 is 13.4 Å². The van der Waals surface area contributed by atoms with E-state index in [0.717, 1.165) is 55.3 Å². The summed E-state index contributed by atoms with van der Waals surface area (Å²) < 4.78 is 24.3. The second kappa shape index (κ2) is 7.41. The standard InChI is InChI=1S/C21H22N4O3S/c1-13(2)16-10-19(28-11-16)29(27,23-12-22)25-21(26)24-20-17-7-3-5-14(17)9-15-6-4-8-18(15)20/h9-11H,1,3-8H2,2H3,(H2,23,24,25,26,27). The molecule has 7 nitrogen and oxygen atoms in total. The molecule has 2 aliphatic rings. The lowest BCUT2D eigenvalue weighted by Gasteiger charge is -2.17. The SMILES string of the molecule is C=C(C)c1coc(S(=O)(=NC#N)NC(=O)Nc2c3c(cc4c2CCC4)CCC3)c1. The number of carbonyl (C=O) groups excluding carboxylic acids is 1. The second-order valence-corrected chi connectivity index (χ2v) is 9.28. The molecular formula is C21H22N4O3S. The maximum absolute atomic E-state index is 13.2. The van der Waals surface area contributed by atoms with Gasteiger partial charge in [-0.15, -0.1) is 0 Å². The fourth-order valence-electron chi connectivity index (χ4n) is 4.09. The van der Waals surface area contributed by atoms with Gasteiger partial charge in [-0.2, -0.15) is 5.26 Å². The lowest BCUT2D eigenvalue weighted by atomic mass is 9.99. The average molecular weight is 410 g/mol. The van der Waals surface area contributed by atoms with Gasteiger partial charge in [-0.25, -0.2) is 13.7 Å². The Morgan fingerprint density at radius 1 is 1.21 bits per heavy atom. The van der Waals surface area contributed by atoms with E-state index >= 15 is 0 Å². The summed E-state index contributed by atoms with van der Waals surface area (Å²) in [5, 5.41) is 11.8. The number of hydrogen-bond donors (Lipinski definition) is 2. The van der Waals surface area contributed by atoms with Crippen LogP contribution >= 0.6 is 0 Å². The van der Waals surface area contributed by atoms with Crippen molar-refractivity contribution >= 4 is 27.2 Å². The minimum absolute atomic E-state index is 0.0873. The highest BCUT2D eigenvalue weighted by molar-refractivity contribution is 7.92. The number of nitrogens with zero attached hydrogens (tertiary/aromatic N) is 2. The third-order valence-corrected chi connectivity index (χ3v) is 7.01. The predicted molar refractivity (Wildman–Crippen MR) is 111 cm³/mol. The van der Waals surface area contributed by atoms with E-state index < -0.39 is 15.9 Å². The molecule has 0 radical (unpaired) electrons. The Balaban J connectivity index is 1.64. The number of furan rings is 1. The number of amides is 2. The normalized spacial score (nSPS) is 16.3. The van der Waals surface area contributed by atoms with Gasteiger partial charge in [-0.05, 0) is 73.3 Å². The van der Waals surface area contributed by atoms with Gasteiger partial charge >= 0.3 is 6.03 Å². The largest absolute Gasteiger partial charge is 0.452 e. The van der Waals surface area contributed by atoms with Crippen LogP contribution in [0.4, 0.5) is 10.5 Å². The molecule has 2 aromatic rings. The van der Waals surface area contributed by atoms with Gasteiger partial charge in [0.25, 0.3) is 0 Å². The summed E-state index contributed by atoms with van der Waals surface area (Å²) in [7, 11) is -3.58. The topological polar surface area (TPSA) is 107 Å². The number of fused-ring (bicyclic) bond motifs is 2. The highest BCUT2D eigenvalue weighted by Gasteiger charge is 2.27. The van der Waals surface area contributed by atoms with Crippen molar-refractivity contribution in [3.8, 4) is 6.19 Å². The number of nitriles is 1. The van der Waals surface area contributed by atoms with Gasteiger partial charge in [0.1, 0.15) is 0 Å². The Labute approximate surface area is 170 Å². The molecule has 1 atom stereocenters. The van der Waals surface area contributed by atoms with Gasteiger partial charge in [-0.3, -0.25) is 0 Å². The molecule has 1 aromatic carbocycles. The van der Waals surface area contributed by atoms with Gasteiger partial charge in [0.2, 0.25) is 21.2 Å². The monoisotopic (exact) mass is 410 g/mol. The summed E-state index contributed by atoms with van der Waals surface area (Å²) in [6, 6.07) is 3.07. The van der Waals surface area contributed by atoms with Crippen LogP contribution in [0.3, 0.4) is 0 Å². The predicted octanol–water partition coefficient (Wildman–Crippen LogP) is 4.33. The molecule has 4 rings (SSSR count). The smallest absolute Gasteiger partial charge is 0.332 e. The number of hydrogen-bond acceptors (Lipinski definition) is 5. The Hall–Kier alpha value is -3.05. The van der Waals surface area contributed by atoms with Gasteiger partial charge in [-0.1, -0.05) is 17.0 Å². The van der Waals surface area contributed by atoms with Crippen LogP contribution in [-0.4, -0.2) is 10.2 Å².